The van der Waals surface area contributed by atoms with Gasteiger partial charge >= 0.3 is 0 Å². The molecule has 0 aromatic rings. The lowest BCUT2D eigenvalue weighted by molar-refractivity contribution is 0.545. The van der Waals surface area contributed by atoms with Crippen LogP contribution in [0.3, 0.4) is 0 Å². The predicted octanol–water partition coefficient (Wildman–Crippen LogP) is -0.566. The molecule has 0 amide bonds. The van der Waals surface area contributed by atoms with Crippen LogP contribution in [0, 0.1) is 0 Å². The Kier molecular flexibility index (Phi) is 4.51. The topological polar surface area (TPSA) is 86.2 Å². The summed E-state index contributed by atoms with van der Waals surface area (Å²) in [6, 6.07) is 0. The maximum atomic E-state index is 10.3. The predicted molar refractivity (Wildman–Crippen MR) is 43.5 cm³/mol. The van der Waals surface area contributed by atoms with E-state index in [4.69, 9.17) is 10.9 Å². The Labute approximate surface area is 67.4 Å². The maximum Gasteiger partial charge on any atom is 0.210 e. The third kappa shape index (κ3) is 11.0. The molecule has 0 unspecified atom stereocenters. The van der Waals surface area contributed by atoms with Gasteiger partial charge in [0, 0.05) is 5.54 Å². The third-order valence-corrected chi connectivity index (χ3v) is 1.72. The molecular formula is C4H13ClN2O2S. The fraction of sp³-hybridized carbons (Fsp3) is 1.00. The van der Waals surface area contributed by atoms with Crippen molar-refractivity contribution in [1.29, 1.82) is 0 Å². The fourth-order valence-corrected chi connectivity index (χ4v) is 1.56. The van der Waals surface area contributed by atoms with Gasteiger partial charge in [0.25, 0.3) is 0 Å². The lowest BCUT2D eigenvalue weighted by Crippen LogP contribution is -2.42. The standard InChI is InChI=1S/C4H12N2O2S.ClH/c1-4(2,5)3-9(6,7)8;/h3,5H2,1-2H3,(H2,6,7,8);1H. The molecule has 6 heteroatoms. The van der Waals surface area contributed by atoms with Gasteiger partial charge < -0.3 is 5.73 Å². The molecule has 0 aliphatic rings. The quantitative estimate of drug-likeness (QED) is 0.609. The largest absolute Gasteiger partial charge is 0.325 e. The Morgan fingerprint density at radius 3 is 1.70 bits per heavy atom. The summed E-state index contributed by atoms with van der Waals surface area (Å²) in [7, 11) is -3.41. The Morgan fingerprint density at radius 2 is 1.70 bits per heavy atom. The zero-order valence-corrected chi connectivity index (χ0v) is 7.63. The first-order valence-corrected chi connectivity index (χ1v) is 4.22. The summed E-state index contributed by atoms with van der Waals surface area (Å²) in [6.07, 6.45) is 0. The van der Waals surface area contributed by atoms with Crippen molar-refractivity contribution in [3.05, 3.63) is 0 Å². The van der Waals surface area contributed by atoms with Gasteiger partial charge in [-0.3, -0.25) is 0 Å². The third-order valence-electron chi connectivity index (χ3n) is 0.573. The molecule has 64 valence electrons. The van der Waals surface area contributed by atoms with Crippen LogP contribution in [0.25, 0.3) is 0 Å². The first-order valence-electron chi connectivity index (χ1n) is 2.50. The second kappa shape index (κ2) is 3.52. The highest BCUT2D eigenvalue weighted by molar-refractivity contribution is 7.89. The molecule has 10 heavy (non-hydrogen) atoms. The van der Waals surface area contributed by atoms with Gasteiger partial charge in [-0.25, -0.2) is 13.6 Å². The average molecular weight is 189 g/mol. The van der Waals surface area contributed by atoms with E-state index < -0.39 is 15.6 Å². The lowest BCUT2D eigenvalue weighted by Gasteiger charge is -2.15. The normalized spacial score (nSPS) is 12.4. The van der Waals surface area contributed by atoms with Crippen molar-refractivity contribution in [2.75, 3.05) is 5.75 Å². The highest BCUT2D eigenvalue weighted by atomic mass is 35.5. The SMILES string of the molecule is CC(C)(N)CS(N)(=O)=O.Cl. The van der Waals surface area contributed by atoms with E-state index in [1.165, 1.54) is 0 Å². The van der Waals surface area contributed by atoms with Crippen molar-refractivity contribution in [3.8, 4) is 0 Å². The van der Waals surface area contributed by atoms with E-state index in [1.807, 2.05) is 0 Å². The molecule has 0 saturated heterocycles. The molecule has 0 atom stereocenters. The summed E-state index contributed by atoms with van der Waals surface area (Å²) < 4.78 is 20.7. The highest BCUT2D eigenvalue weighted by Crippen LogP contribution is 1.97. The monoisotopic (exact) mass is 188 g/mol. The molecule has 0 rings (SSSR count). The van der Waals surface area contributed by atoms with Crippen molar-refractivity contribution in [2.45, 2.75) is 19.4 Å². The number of sulfonamides is 1. The van der Waals surface area contributed by atoms with Crippen LogP contribution in [0.1, 0.15) is 13.8 Å². The molecular weight excluding hydrogens is 176 g/mol. The molecule has 0 fully saturated rings. The van der Waals surface area contributed by atoms with Crippen LogP contribution >= 0.6 is 12.4 Å². The van der Waals surface area contributed by atoms with Crippen molar-refractivity contribution >= 4 is 22.4 Å². The first kappa shape index (κ1) is 12.8. The average Bonchev–Trinajstić information content (AvgIpc) is 1.14. The Morgan fingerprint density at radius 1 is 1.40 bits per heavy atom. The van der Waals surface area contributed by atoms with E-state index in [2.05, 4.69) is 0 Å². The van der Waals surface area contributed by atoms with Crippen LogP contribution in [-0.2, 0) is 10.0 Å². The van der Waals surface area contributed by atoms with Crippen LogP contribution in [-0.4, -0.2) is 19.7 Å². The molecule has 0 aliphatic carbocycles. The maximum absolute atomic E-state index is 10.3. The molecule has 0 radical (unpaired) electrons. The van der Waals surface area contributed by atoms with Crippen LogP contribution in [0.5, 0.6) is 0 Å². The van der Waals surface area contributed by atoms with Gasteiger partial charge in [-0.1, -0.05) is 0 Å². The number of primary sulfonamides is 1. The molecule has 0 aromatic carbocycles. The van der Waals surface area contributed by atoms with Crippen LogP contribution in [0.4, 0.5) is 0 Å². The van der Waals surface area contributed by atoms with Gasteiger partial charge in [0.2, 0.25) is 10.0 Å². The molecule has 0 aromatic heterocycles. The van der Waals surface area contributed by atoms with E-state index in [0.717, 1.165) is 0 Å². The summed E-state index contributed by atoms with van der Waals surface area (Å²) in [4.78, 5) is 0. The summed E-state index contributed by atoms with van der Waals surface area (Å²) >= 11 is 0. The number of rotatable bonds is 2. The molecule has 0 saturated carbocycles. The number of hydrogen-bond donors (Lipinski definition) is 2. The zero-order valence-electron chi connectivity index (χ0n) is 5.99. The van der Waals surface area contributed by atoms with Crippen molar-refractivity contribution < 1.29 is 8.42 Å². The number of halogens is 1. The molecule has 4 nitrogen and oxygen atoms in total. The van der Waals surface area contributed by atoms with Crippen LogP contribution in [0.15, 0.2) is 0 Å². The first-order chi connectivity index (χ1) is 3.71. The minimum Gasteiger partial charge on any atom is -0.325 e. The van der Waals surface area contributed by atoms with Crippen LogP contribution < -0.4 is 10.9 Å². The molecule has 0 heterocycles. The van der Waals surface area contributed by atoms with Crippen molar-refractivity contribution in [1.82, 2.24) is 0 Å². The van der Waals surface area contributed by atoms with Gasteiger partial charge in [0.1, 0.15) is 0 Å². The summed E-state index contributed by atoms with van der Waals surface area (Å²) in [5, 5.41) is 4.71. The molecule has 4 N–H and O–H groups in total. The molecule has 0 bridgehead atoms. The Bertz CT molecular complexity index is 182. The zero-order chi connectivity index (χ0) is 7.71. The second-order valence-electron chi connectivity index (χ2n) is 2.80. The van der Waals surface area contributed by atoms with E-state index >= 15 is 0 Å². The summed E-state index contributed by atoms with van der Waals surface area (Å²) in [5.41, 5.74) is 4.63. The lowest BCUT2D eigenvalue weighted by atomic mass is 10.1. The smallest absolute Gasteiger partial charge is 0.210 e. The van der Waals surface area contributed by atoms with Crippen molar-refractivity contribution in [3.63, 3.8) is 0 Å². The fourth-order valence-electron chi connectivity index (χ4n) is 0.519. The van der Waals surface area contributed by atoms with Gasteiger partial charge in [-0.05, 0) is 13.8 Å². The highest BCUT2D eigenvalue weighted by Gasteiger charge is 2.17. The summed E-state index contributed by atoms with van der Waals surface area (Å²) in [5.74, 6) is -0.181. The Hall–Kier alpha value is 0.160. The molecule has 0 aliphatic heterocycles. The van der Waals surface area contributed by atoms with Crippen LogP contribution in [0.2, 0.25) is 0 Å². The van der Waals surface area contributed by atoms with E-state index in [1.54, 1.807) is 13.8 Å². The Balaban J connectivity index is 0. The van der Waals surface area contributed by atoms with E-state index in [9.17, 15) is 8.42 Å². The molecule has 0 spiro atoms. The number of hydrogen-bond acceptors (Lipinski definition) is 3. The van der Waals surface area contributed by atoms with Gasteiger partial charge in [0.05, 0.1) is 5.75 Å². The second-order valence-corrected chi connectivity index (χ2v) is 4.41. The van der Waals surface area contributed by atoms with Crippen molar-refractivity contribution in [2.24, 2.45) is 10.9 Å². The van der Waals surface area contributed by atoms with Gasteiger partial charge in [-0.15, -0.1) is 12.4 Å². The summed E-state index contributed by atoms with van der Waals surface area (Å²) in [6.45, 7) is 3.22. The van der Waals surface area contributed by atoms with E-state index in [0.29, 0.717) is 0 Å². The van der Waals surface area contributed by atoms with Gasteiger partial charge in [-0.2, -0.15) is 0 Å². The van der Waals surface area contributed by atoms with E-state index in [-0.39, 0.29) is 18.2 Å². The minimum atomic E-state index is -3.41. The van der Waals surface area contributed by atoms with Gasteiger partial charge in [0.15, 0.2) is 0 Å². The number of nitrogens with two attached hydrogens (primary N) is 2. The minimum absolute atomic E-state index is 0.